The summed E-state index contributed by atoms with van der Waals surface area (Å²) >= 11 is 0. The third kappa shape index (κ3) is 4.42. The van der Waals surface area contributed by atoms with Crippen LogP contribution in [0, 0.1) is 5.82 Å². The Kier molecular flexibility index (Phi) is 5.03. The molecule has 0 unspecified atom stereocenters. The minimum Gasteiger partial charge on any atom is -0.444 e. The largest absolute Gasteiger partial charge is 0.444 e. The van der Waals surface area contributed by atoms with E-state index in [0.717, 1.165) is 0 Å². The Labute approximate surface area is 129 Å². The maximum absolute atomic E-state index is 13.2. The van der Waals surface area contributed by atoms with Gasteiger partial charge in [0.1, 0.15) is 23.6 Å². The number of ether oxygens (including phenoxy) is 2. The molecule has 1 N–H and O–H groups in total. The van der Waals surface area contributed by atoms with Crippen molar-refractivity contribution in [3.63, 3.8) is 0 Å². The average Bonchev–Trinajstić information content (AvgIpc) is 2.45. The standard InChI is InChI=1S/C16H22FNO4/c1-16(2,3)22-15(20)18-7-8-21-13(10-18)14(19)11-5-4-6-12(17)9-11/h4-6,9,13-14,19H,7-8,10H2,1-3H3/t13-,14+/m0/s1. The highest BCUT2D eigenvalue weighted by Gasteiger charge is 2.32. The molecule has 1 heterocycles. The smallest absolute Gasteiger partial charge is 0.410 e. The first kappa shape index (κ1) is 16.7. The molecule has 1 saturated heterocycles. The van der Waals surface area contributed by atoms with E-state index in [4.69, 9.17) is 9.47 Å². The molecule has 2 rings (SSSR count). The van der Waals surface area contributed by atoms with Gasteiger partial charge in [-0.3, -0.25) is 0 Å². The summed E-state index contributed by atoms with van der Waals surface area (Å²) in [5, 5.41) is 10.3. The SMILES string of the molecule is CC(C)(C)OC(=O)N1CCO[C@H]([C@H](O)c2cccc(F)c2)C1. The van der Waals surface area contributed by atoms with Crippen LogP contribution < -0.4 is 0 Å². The summed E-state index contributed by atoms with van der Waals surface area (Å²) in [4.78, 5) is 13.6. The lowest BCUT2D eigenvalue weighted by Gasteiger charge is -2.36. The number of nitrogens with zero attached hydrogens (tertiary/aromatic N) is 1. The van der Waals surface area contributed by atoms with Gasteiger partial charge in [-0.15, -0.1) is 0 Å². The third-order valence-corrected chi connectivity index (χ3v) is 3.29. The van der Waals surface area contributed by atoms with Crippen molar-refractivity contribution >= 4 is 6.09 Å². The molecule has 122 valence electrons. The van der Waals surface area contributed by atoms with E-state index in [1.807, 2.05) is 0 Å². The topological polar surface area (TPSA) is 59.0 Å². The molecule has 5 nitrogen and oxygen atoms in total. The summed E-state index contributed by atoms with van der Waals surface area (Å²) in [6, 6.07) is 5.73. The molecular weight excluding hydrogens is 289 g/mol. The summed E-state index contributed by atoms with van der Waals surface area (Å²) in [5.74, 6) is -0.420. The van der Waals surface area contributed by atoms with E-state index < -0.39 is 29.7 Å². The molecule has 1 aliphatic rings. The number of halogens is 1. The fourth-order valence-corrected chi connectivity index (χ4v) is 2.26. The maximum atomic E-state index is 13.2. The van der Waals surface area contributed by atoms with Crippen LogP contribution in [0.25, 0.3) is 0 Å². The van der Waals surface area contributed by atoms with Crippen LogP contribution in [0.3, 0.4) is 0 Å². The Morgan fingerprint density at radius 2 is 2.23 bits per heavy atom. The monoisotopic (exact) mass is 311 g/mol. The predicted molar refractivity (Wildman–Crippen MR) is 78.9 cm³/mol. The summed E-state index contributed by atoms with van der Waals surface area (Å²) in [6.45, 7) is 6.30. The van der Waals surface area contributed by atoms with E-state index in [1.165, 1.54) is 23.1 Å². The number of rotatable bonds is 2. The Morgan fingerprint density at radius 3 is 2.86 bits per heavy atom. The van der Waals surface area contributed by atoms with Crippen molar-refractivity contribution in [2.45, 2.75) is 38.6 Å². The van der Waals surface area contributed by atoms with Gasteiger partial charge in [0.2, 0.25) is 0 Å². The zero-order valence-corrected chi connectivity index (χ0v) is 13.1. The molecular formula is C16H22FNO4. The number of carbonyl (C=O) groups excluding carboxylic acids is 1. The van der Waals surface area contributed by atoms with Gasteiger partial charge in [0.05, 0.1) is 13.2 Å². The van der Waals surface area contributed by atoms with Crippen LogP contribution in [0.15, 0.2) is 24.3 Å². The Bertz CT molecular complexity index is 529. The van der Waals surface area contributed by atoms with E-state index in [9.17, 15) is 14.3 Å². The number of hydrogen-bond acceptors (Lipinski definition) is 4. The quantitative estimate of drug-likeness (QED) is 0.911. The normalized spacial score (nSPS) is 20.6. The minimum atomic E-state index is -0.999. The molecule has 1 fully saturated rings. The molecule has 0 aromatic heterocycles. The first-order valence-corrected chi connectivity index (χ1v) is 7.29. The van der Waals surface area contributed by atoms with Crippen LogP contribution in [0.4, 0.5) is 9.18 Å². The number of amides is 1. The number of aliphatic hydroxyl groups excluding tert-OH is 1. The van der Waals surface area contributed by atoms with Crippen LogP contribution in [0.1, 0.15) is 32.4 Å². The minimum absolute atomic E-state index is 0.201. The maximum Gasteiger partial charge on any atom is 0.410 e. The van der Waals surface area contributed by atoms with Gasteiger partial charge in [0, 0.05) is 6.54 Å². The predicted octanol–water partition coefficient (Wildman–Crippen LogP) is 2.50. The van der Waals surface area contributed by atoms with Crippen LogP contribution in [0.2, 0.25) is 0 Å². The van der Waals surface area contributed by atoms with Crippen molar-refractivity contribution in [1.82, 2.24) is 4.90 Å². The van der Waals surface area contributed by atoms with Gasteiger partial charge in [-0.05, 0) is 38.5 Å². The van der Waals surface area contributed by atoms with Gasteiger partial charge < -0.3 is 19.5 Å². The van der Waals surface area contributed by atoms with Gasteiger partial charge in [0.15, 0.2) is 0 Å². The fourth-order valence-electron chi connectivity index (χ4n) is 2.26. The van der Waals surface area contributed by atoms with Gasteiger partial charge in [-0.1, -0.05) is 12.1 Å². The molecule has 0 saturated carbocycles. The van der Waals surface area contributed by atoms with Crippen molar-refractivity contribution in [3.05, 3.63) is 35.6 Å². The molecule has 0 spiro atoms. The van der Waals surface area contributed by atoms with Crippen molar-refractivity contribution in [2.75, 3.05) is 19.7 Å². The third-order valence-electron chi connectivity index (χ3n) is 3.29. The summed E-state index contributed by atoms with van der Waals surface area (Å²) in [5.41, 5.74) is -0.150. The molecule has 0 bridgehead atoms. The second kappa shape index (κ2) is 6.62. The second-order valence-electron chi connectivity index (χ2n) is 6.34. The van der Waals surface area contributed by atoms with E-state index >= 15 is 0 Å². The number of aliphatic hydroxyl groups is 1. The molecule has 22 heavy (non-hydrogen) atoms. The summed E-state index contributed by atoms with van der Waals surface area (Å²) in [7, 11) is 0. The first-order valence-electron chi connectivity index (χ1n) is 7.29. The Hall–Kier alpha value is -1.66. The summed E-state index contributed by atoms with van der Waals surface area (Å²) in [6.07, 6.45) is -2.05. The molecule has 1 aliphatic heterocycles. The molecule has 0 aliphatic carbocycles. The van der Waals surface area contributed by atoms with Crippen LogP contribution >= 0.6 is 0 Å². The number of benzene rings is 1. The lowest BCUT2D eigenvalue weighted by Crippen LogP contribution is -2.49. The number of carbonyl (C=O) groups is 1. The van der Waals surface area contributed by atoms with Crippen LogP contribution in [0.5, 0.6) is 0 Å². The van der Waals surface area contributed by atoms with E-state index in [1.54, 1.807) is 26.8 Å². The van der Waals surface area contributed by atoms with Crippen molar-refractivity contribution in [1.29, 1.82) is 0 Å². The van der Waals surface area contributed by atoms with Gasteiger partial charge in [-0.2, -0.15) is 0 Å². The highest BCUT2D eigenvalue weighted by molar-refractivity contribution is 5.68. The zero-order valence-electron chi connectivity index (χ0n) is 13.1. The van der Waals surface area contributed by atoms with Gasteiger partial charge in [-0.25, -0.2) is 9.18 Å². The van der Waals surface area contributed by atoms with E-state index in [-0.39, 0.29) is 6.54 Å². The molecule has 6 heteroatoms. The molecule has 2 atom stereocenters. The number of hydrogen-bond donors (Lipinski definition) is 1. The summed E-state index contributed by atoms with van der Waals surface area (Å²) < 4.78 is 24.1. The molecule has 1 aromatic carbocycles. The second-order valence-corrected chi connectivity index (χ2v) is 6.34. The van der Waals surface area contributed by atoms with E-state index in [0.29, 0.717) is 18.7 Å². The molecule has 1 aromatic rings. The highest BCUT2D eigenvalue weighted by Crippen LogP contribution is 2.23. The van der Waals surface area contributed by atoms with Crippen LogP contribution in [-0.2, 0) is 9.47 Å². The average molecular weight is 311 g/mol. The van der Waals surface area contributed by atoms with Crippen molar-refractivity contribution in [3.8, 4) is 0 Å². The Morgan fingerprint density at radius 1 is 1.50 bits per heavy atom. The van der Waals surface area contributed by atoms with Crippen LogP contribution in [-0.4, -0.2) is 47.5 Å². The highest BCUT2D eigenvalue weighted by atomic mass is 19.1. The lowest BCUT2D eigenvalue weighted by atomic mass is 10.0. The van der Waals surface area contributed by atoms with Gasteiger partial charge >= 0.3 is 6.09 Å². The van der Waals surface area contributed by atoms with E-state index in [2.05, 4.69) is 0 Å². The fraction of sp³-hybridized carbons (Fsp3) is 0.562. The lowest BCUT2D eigenvalue weighted by molar-refractivity contribution is -0.0908. The van der Waals surface area contributed by atoms with Gasteiger partial charge in [0.25, 0.3) is 0 Å². The first-order chi connectivity index (χ1) is 10.3. The zero-order chi connectivity index (χ0) is 16.3. The van der Waals surface area contributed by atoms with Crippen molar-refractivity contribution in [2.24, 2.45) is 0 Å². The van der Waals surface area contributed by atoms with Crippen molar-refractivity contribution < 1.29 is 23.8 Å². The Balaban J connectivity index is 2.02. The molecule has 0 radical (unpaired) electrons. The number of morpholine rings is 1. The molecule has 1 amide bonds.